The van der Waals surface area contributed by atoms with Crippen LogP contribution in [0, 0.1) is 23.0 Å². The molecule has 1 aliphatic rings. The molecule has 1 aromatic carbocycles. The average molecular weight is 301 g/mol. The van der Waals surface area contributed by atoms with Gasteiger partial charge >= 0.3 is 0 Å². The molecular formula is C16H13F2N3O. The minimum atomic E-state index is -0.919. The van der Waals surface area contributed by atoms with Crippen LogP contribution in [0.1, 0.15) is 23.6 Å². The molecule has 1 aliphatic heterocycles. The number of hydrogen-bond donors (Lipinski definition) is 1. The van der Waals surface area contributed by atoms with Gasteiger partial charge in [0.25, 0.3) is 0 Å². The molecule has 1 saturated heterocycles. The van der Waals surface area contributed by atoms with Crippen LogP contribution >= 0.6 is 0 Å². The lowest BCUT2D eigenvalue weighted by Gasteiger charge is -2.25. The summed E-state index contributed by atoms with van der Waals surface area (Å²) in [4.78, 5) is 6.02. The summed E-state index contributed by atoms with van der Waals surface area (Å²) in [6.45, 7) is 0.325. The summed E-state index contributed by atoms with van der Waals surface area (Å²) >= 11 is 0. The predicted molar refractivity (Wildman–Crippen MR) is 76.0 cm³/mol. The number of aliphatic hydroxyl groups excluding tert-OH is 1. The van der Waals surface area contributed by atoms with Crippen LogP contribution in [0.5, 0.6) is 0 Å². The highest BCUT2D eigenvalue weighted by atomic mass is 19.2. The van der Waals surface area contributed by atoms with Gasteiger partial charge in [0.05, 0.1) is 23.8 Å². The van der Waals surface area contributed by atoms with Crippen molar-refractivity contribution in [1.82, 2.24) is 4.98 Å². The van der Waals surface area contributed by atoms with Crippen molar-refractivity contribution in [3.05, 3.63) is 59.3 Å². The second kappa shape index (κ2) is 5.70. The Morgan fingerprint density at radius 2 is 2.05 bits per heavy atom. The topological polar surface area (TPSA) is 60.2 Å². The molecular weight excluding hydrogens is 288 g/mol. The van der Waals surface area contributed by atoms with Crippen molar-refractivity contribution in [2.24, 2.45) is 0 Å². The van der Waals surface area contributed by atoms with Crippen molar-refractivity contribution in [1.29, 1.82) is 5.26 Å². The van der Waals surface area contributed by atoms with Crippen molar-refractivity contribution in [2.75, 3.05) is 11.4 Å². The maximum absolute atomic E-state index is 13.5. The second-order valence-corrected chi connectivity index (χ2v) is 5.25. The SMILES string of the molecule is N#Cc1ccnc(N2C[C@@H](O)C[C@H]2c2ccc(F)c(F)c2)c1. The number of hydrogen-bond acceptors (Lipinski definition) is 4. The Balaban J connectivity index is 1.98. The van der Waals surface area contributed by atoms with Crippen LogP contribution < -0.4 is 4.90 Å². The first-order valence-electron chi connectivity index (χ1n) is 6.84. The van der Waals surface area contributed by atoms with E-state index in [2.05, 4.69) is 4.98 Å². The lowest BCUT2D eigenvalue weighted by Crippen LogP contribution is -2.25. The summed E-state index contributed by atoms with van der Waals surface area (Å²) in [7, 11) is 0. The van der Waals surface area contributed by atoms with Gasteiger partial charge in [-0.15, -0.1) is 0 Å². The number of pyridine rings is 1. The van der Waals surface area contributed by atoms with Crippen LogP contribution in [0.15, 0.2) is 36.5 Å². The Labute approximate surface area is 126 Å². The van der Waals surface area contributed by atoms with E-state index in [1.807, 2.05) is 6.07 Å². The predicted octanol–water partition coefficient (Wildman–Crippen LogP) is 2.54. The number of β-amino-alcohol motifs (C(OH)–C–C–N with tert-alkyl or cyclic N) is 1. The molecule has 1 aromatic heterocycles. The minimum absolute atomic E-state index is 0.313. The number of anilines is 1. The number of aliphatic hydroxyl groups is 1. The van der Waals surface area contributed by atoms with Gasteiger partial charge in [-0.2, -0.15) is 5.26 Å². The maximum atomic E-state index is 13.5. The van der Waals surface area contributed by atoms with Gasteiger partial charge in [0.15, 0.2) is 11.6 Å². The number of rotatable bonds is 2. The average Bonchev–Trinajstić information content (AvgIpc) is 2.92. The molecule has 1 N–H and O–H groups in total. The van der Waals surface area contributed by atoms with Gasteiger partial charge in [-0.3, -0.25) is 0 Å². The van der Waals surface area contributed by atoms with E-state index in [0.29, 0.717) is 29.9 Å². The molecule has 4 nitrogen and oxygen atoms in total. The fourth-order valence-corrected chi connectivity index (χ4v) is 2.75. The zero-order valence-corrected chi connectivity index (χ0v) is 11.6. The van der Waals surface area contributed by atoms with Crippen molar-refractivity contribution < 1.29 is 13.9 Å². The Kier molecular flexibility index (Phi) is 3.73. The van der Waals surface area contributed by atoms with Gasteiger partial charge in [-0.1, -0.05) is 6.07 Å². The van der Waals surface area contributed by atoms with E-state index in [1.165, 1.54) is 12.3 Å². The second-order valence-electron chi connectivity index (χ2n) is 5.25. The Morgan fingerprint density at radius 1 is 1.23 bits per heavy atom. The Bertz CT molecular complexity index is 744. The number of nitriles is 1. The molecule has 0 bridgehead atoms. The van der Waals surface area contributed by atoms with Crippen LogP contribution in [-0.2, 0) is 0 Å². The van der Waals surface area contributed by atoms with Gasteiger partial charge in [0.2, 0.25) is 0 Å². The summed E-state index contributed by atoms with van der Waals surface area (Å²) in [6.07, 6.45) is 1.32. The van der Waals surface area contributed by atoms with Gasteiger partial charge in [-0.25, -0.2) is 13.8 Å². The summed E-state index contributed by atoms with van der Waals surface area (Å²) in [5.74, 6) is -1.29. The molecule has 1 fully saturated rings. The van der Waals surface area contributed by atoms with Gasteiger partial charge in [0.1, 0.15) is 5.82 Å². The molecule has 0 saturated carbocycles. The van der Waals surface area contributed by atoms with E-state index >= 15 is 0 Å². The highest BCUT2D eigenvalue weighted by molar-refractivity contribution is 5.49. The minimum Gasteiger partial charge on any atom is -0.391 e. The molecule has 0 aliphatic carbocycles. The fraction of sp³-hybridized carbons (Fsp3) is 0.250. The van der Waals surface area contributed by atoms with Crippen molar-refractivity contribution in [3.8, 4) is 6.07 Å². The first-order valence-corrected chi connectivity index (χ1v) is 6.84. The molecule has 0 spiro atoms. The molecule has 0 amide bonds. The Hall–Kier alpha value is -2.52. The molecule has 3 rings (SSSR count). The summed E-state index contributed by atoms with van der Waals surface area (Å²) in [5, 5.41) is 18.9. The molecule has 2 heterocycles. The number of benzene rings is 1. The summed E-state index contributed by atoms with van der Waals surface area (Å²) < 4.78 is 26.6. The van der Waals surface area contributed by atoms with Crippen molar-refractivity contribution in [2.45, 2.75) is 18.6 Å². The van der Waals surface area contributed by atoms with E-state index in [1.54, 1.807) is 17.0 Å². The first-order chi connectivity index (χ1) is 10.6. The molecule has 0 radical (unpaired) electrons. The molecule has 22 heavy (non-hydrogen) atoms. The lowest BCUT2D eigenvalue weighted by molar-refractivity contribution is 0.194. The van der Waals surface area contributed by atoms with Crippen LogP contribution in [0.4, 0.5) is 14.6 Å². The highest BCUT2D eigenvalue weighted by Gasteiger charge is 2.33. The highest BCUT2D eigenvalue weighted by Crippen LogP contribution is 2.36. The van der Waals surface area contributed by atoms with Crippen LogP contribution in [0.3, 0.4) is 0 Å². The number of nitrogens with zero attached hydrogens (tertiary/aromatic N) is 3. The van der Waals surface area contributed by atoms with E-state index in [-0.39, 0.29) is 6.04 Å². The maximum Gasteiger partial charge on any atom is 0.159 e. The third kappa shape index (κ3) is 2.63. The molecule has 0 unspecified atom stereocenters. The van der Waals surface area contributed by atoms with Gasteiger partial charge in [0, 0.05) is 12.7 Å². The zero-order valence-electron chi connectivity index (χ0n) is 11.6. The monoisotopic (exact) mass is 301 g/mol. The van der Waals surface area contributed by atoms with Gasteiger partial charge in [-0.05, 0) is 36.2 Å². The van der Waals surface area contributed by atoms with E-state index in [9.17, 15) is 13.9 Å². The van der Waals surface area contributed by atoms with Crippen LogP contribution in [0.25, 0.3) is 0 Å². The lowest BCUT2D eigenvalue weighted by atomic mass is 10.0. The van der Waals surface area contributed by atoms with E-state index < -0.39 is 17.7 Å². The standard InChI is InChI=1S/C16H13F2N3O/c17-13-2-1-11(6-14(13)18)15-7-12(22)9-21(15)16-5-10(8-19)3-4-20-16/h1-6,12,15,22H,7,9H2/t12-,15-/m0/s1. The van der Waals surface area contributed by atoms with Crippen LogP contribution in [-0.4, -0.2) is 22.7 Å². The Morgan fingerprint density at radius 3 is 2.77 bits per heavy atom. The smallest absolute Gasteiger partial charge is 0.159 e. The quantitative estimate of drug-likeness (QED) is 0.926. The summed E-state index contributed by atoms with van der Waals surface area (Å²) in [6, 6.07) is 8.64. The zero-order chi connectivity index (χ0) is 15.7. The third-order valence-corrected chi connectivity index (χ3v) is 3.78. The number of halogens is 2. The largest absolute Gasteiger partial charge is 0.391 e. The number of aromatic nitrogens is 1. The van der Waals surface area contributed by atoms with Crippen molar-refractivity contribution in [3.63, 3.8) is 0 Å². The molecule has 2 atom stereocenters. The third-order valence-electron chi connectivity index (χ3n) is 3.78. The summed E-state index contributed by atoms with van der Waals surface area (Å²) in [5.41, 5.74) is 1.02. The van der Waals surface area contributed by atoms with Crippen LogP contribution in [0.2, 0.25) is 0 Å². The van der Waals surface area contributed by atoms with Crippen molar-refractivity contribution >= 4 is 5.82 Å². The van der Waals surface area contributed by atoms with E-state index in [0.717, 1.165) is 12.1 Å². The molecule has 6 heteroatoms. The van der Waals surface area contributed by atoms with Gasteiger partial charge < -0.3 is 10.0 Å². The van der Waals surface area contributed by atoms with E-state index in [4.69, 9.17) is 5.26 Å². The molecule has 112 valence electrons. The molecule has 2 aromatic rings. The fourth-order valence-electron chi connectivity index (χ4n) is 2.75. The first kappa shape index (κ1) is 14.4. The normalized spacial score (nSPS) is 20.9.